The van der Waals surface area contributed by atoms with E-state index in [0.717, 1.165) is 17.8 Å². The van der Waals surface area contributed by atoms with Crippen LogP contribution in [-0.4, -0.2) is 52.1 Å². The van der Waals surface area contributed by atoms with Crippen LogP contribution in [0.5, 0.6) is 0 Å². The van der Waals surface area contributed by atoms with Crippen molar-refractivity contribution in [3.05, 3.63) is 60.2 Å². The number of rotatable bonds is 3. The molecule has 156 valence electrons. The van der Waals surface area contributed by atoms with E-state index in [0.29, 0.717) is 44.2 Å². The molecule has 1 amide bonds. The highest BCUT2D eigenvalue weighted by molar-refractivity contribution is 5.93. The minimum atomic E-state index is -4.42. The average Bonchev–Trinajstić information content (AvgIpc) is 3.11. The minimum Gasteiger partial charge on any atom is -0.355 e. The number of carbonyl (C=O) groups is 1. The minimum absolute atomic E-state index is 0.204. The molecule has 0 saturated carbocycles. The van der Waals surface area contributed by atoms with Crippen LogP contribution < -0.4 is 4.90 Å². The van der Waals surface area contributed by atoms with Crippen LogP contribution in [0.15, 0.2) is 53.4 Å². The lowest BCUT2D eigenvalue weighted by atomic mass is 10.2. The van der Waals surface area contributed by atoms with Crippen molar-refractivity contribution >= 4 is 11.7 Å². The molecule has 3 aromatic rings. The summed E-state index contributed by atoms with van der Waals surface area (Å²) in [6.07, 6.45) is 0.329. The number of aromatic nitrogens is 3. The molecule has 0 atom stereocenters. The van der Waals surface area contributed by atoms with Gasteiger partial charge in [0.15, 0.2) is 11.5 Å². The summed E-state index contributed by atoms with van der Waals surface area (Å²) in [6, 6.07) is 7.53. The maximum absolute atomic E-state index is 12.8. The third-order valence-corrected chi connectivity index (χ3v) is 4.86. The van der Waals surface area contributed by atoms with Gasteiger partial charge in [-0.25, -0.2) is 4.98 Å². The number of alkyl halides is 3. The van der Waals surface area contributed by atoms with E-state index in [4.69, 9.17) is 4.52 Å². The lowest BCUT2D eigenvalue weighted by Gasteiger charge is -2.22. The van der Waals surface area contributed by atoms with E-state index in [-0.39, 0.29) is 11.6 Å². The molecule has 0 N–H and O–H groups in total. The van der Waals surface area contributed by atoms with E-state index in [1.807, 2.05) is 11.0 Å². The van der Waals surface area contributed by atoms with Crippen LogP contribution in [0.4, 0.5) is 19.0 Å². The maximum atomic E-state index is 12.8. The summed E-state index contributed by atoms with van der Waals surface area (Å²) < 4.78 is 43.4. The zero-order valence-corrected chi connectivity index (χ0v) is 15.8. The molecule has 1 aliphatic rings. The molecule has 10 heteroatoms. The SMILES string of the molecule is O=C(c1cc(-c2cccnc2)on1)N1CCCN(c2ccc(C(F)(F)F)cn2)CC1. The molecule has 3 aromatic heterocycles. The Morgan fingerprint density at radius 1 is 1.07 bits per heavy atom. The molecule has 1 aliphatic heterocycles. The number of nitrogens with zero attached hydrogens (tertiary/aromatic N) is 5. The number of carbonyl (C=O) groups excluding carboxylic acids is 1. The molecule has 0 aromatic carbocycles. The number of amides is 1. The third-order valence-electron chi connectivity index (χ3n) is 4.86. The molecule has 0 spiro atoms. The average molecular weight is 417 g/mol. The third kappa shape index (κ3) is 4.27. The van der Waals surface area contributed by atoms with Crippen molar-refractivity contribution in [2.45, 2.75) is 12.6 Å². The topological polar surface area (TPSA) is 75.4 Å². The highest BCUT2D eigenvalue weighted by Crippen LogP contribution is 2.29. The summed E-state index contributed by atoms with van der Waals surface area (Å²) in [5, 5.41) is 3.88. The molecule has 0 bridgehead atoms. The monoisotopic (exact) mass is 417 g/mol. The van der Waals surface area contributed by atoms with Gasteiger partial charge in [-0.3, -0.25) is 9.78 Å². The van der Waals surface area contributed by atoms with Gasteiger partial charge >= 0.3 is 6.18 Å². The highest BCUT2D eigenvalue weighted by Gasteiger charge is 2.31. The molecule has 1 fully saturated rings. The Bertz CT molecular complexity index is 1010. The summed E-state index contributed by atoms with van der Waals surface area (Å²) in [6.45, 7) is 1.95. The number of pyridine rings is 2. The Morgan fingerprint density at radius 2 is 1.93 bits per heavy atom. The smallest absolute Gasteiger partial charge is 0.355 e. The normalized spacial score (nSPS) is 15.2. The summed E-state index contributed by atoms with van der Waals surface area (Å²) in [7, 11) is 0. The Hall–Kier alpha value is -3.43. The van der Waals surface area contributed by atoms with Gasteiger partial charge < -0.3 is 14.3 Å². The lowest BCUT2D eigenvalue weighted by molar-refractivity contribution is -0.137. The van der Waals surface area contributed by atoms with Crippen LogP contribution in [-0.2, 0) is 6.18 Å². The maximum Gasteiger partial charge on any atom is 0.417 e. The summed E-state index contributed by atoms with van der Waals surface area (Å²) in [5.74, 6) is 0.658. The molecule has 30 heavy (non-hydrogen) atoms. The lowest BCUT2D eigenvalue weighted by Crippen LogP contribution is -2.35. The molecule has 0 aliphatic carbocycles. The molecular formula is C20H18F3N5O2. The van der Waals surface area contributed by atoms with Crippen molar-refractivity contribution in [1.29, 1.82) is 0 Å². The van der Waals surface area contributed by atoms with Gasteiger partial charge in [-0.1, -0.05) is 5.16 Å². The molecule has 0 radical (unpaired) electrons. The molecule has 4 heterocycles. The van der Waals surface area contributed by atoms with Crippen LogP contribution >= 0.6 is 0 Å². The Kier molecular flexibility index (Phi) is 5.39. The van der Waals surface area contributed by atoms with Gasteiger partial charge in [-0.05, 0) is 30.7 Å². The second-order valence-corrected chi connectivity index (χ2v) is 6.85. The standard InChI is InChI=1S/C20H18F3N5O2/c21-20(22,23)15-4-5-18(25-13-15)27-7-2-8-28(10-9-27)19(29)16-11-17(30-26-16)14-3-1-6-24-12-14/h1,3-6,11-13H,2,7-10H2. The van der Waals surface area contributed by atoms with Gasteiger partial charge in [0.2, 0.25) is 0 Å². The van der Waals surface area contributed by atoms with E-state index in [9.17, 15) is 18.0 Å². The predicted molar refractivity (Wildman–Crippen MR) is 102 cm³/mol. The van der Waals surface area contributed by atoms with E-state index >= 15 is 0 Å². The van der Waals surface area contributed by atoms with Crippen LogP contribution in [0.2, 0.25) is 0 Å². The Balaban J connectivity index is 1.42. The molecule has 7 nitrogen and oxygen atoms in total. The van der Waals surface area contributed by atoms with Gasteiger partial charge in [0.25, 0.3) is 5.91 Å². The van der Waals surface area contributed by atoms with E-state index in [2.05, 4.69) is 15.1 Å². The van der Waals surface area contributed by atoms with Crippen molar-refractivity contribution in [2.75, 3.05) is 31.1 Å². The number of halogens is 3. The van der Waals surface area contributed by atoms with Crippen molar-refractivity contribution < 1.29 is 22.5 Å². The van der Waals surface area contributed by atoms with E-state index in [1.54, 1.807) is 29.4 Å². The zero-order valence-electron chi connectivity index (χ0n) is 15.8. The van der Waals surface area contributed by atoms with Crippen molar-refractivity contribution in [3.63, 3.8) is 0 Å². The first kappa shape index (κ1) is 19.9. The zero-order chi connectivity index (χ0) is 21.1. The first-order valence-corrected chi connectivity index (χ1v) is 9.36. The molecule has 0 unspecified atom stereocenters. The summed E-state index contributed by atoms with van der Waals surface area (Å²) in [4.78, 5) is 24.3. The highest BCUT2D eigenvalue weighted by atomic mass is 19.4. The van der Waals surface area contributed by atoms with E-state index in [1.165, 1.54) is 6.07 Å². The van der Waals surface area contributed by atoms with Gasteiger partial charge in [0.1, 0.15) is 5.82 Å². The fraction of sp³-hybridized carbons (Fsp3) is 0.300. The van der Waals surface area contributed by atoms with Crippen LogP contribution in [0.3, 0.4) is 0 Å². The van der Waals surface area contributed by atoms with Gasteiger partial charge in [0, 0.05) is 56.4 Å². The number of anilines is 1. The summed E-state index contributed by atoms with van der Waals surface area (Å²) >= 11 is 0. The molecule has 4 rings (SSSR count). The van der Waals surface area contributed by atoms with Gasteiger partial charge in [-0.2, -0.15) is 13.2 Å². The molecular weight excluding hydrogens is 399 g/mol. The van der Waals surface area contributed by atoms with Gasteiger partial charge in [0.05, 0.1) is 5.56 Å². The molecule has 1 saturated heterocycles. The van der Waals surface area contributed by atoms with Crippen LogP contribution in [0, 0.1) is 0 Å². The fourth-order valence-corrected chi connectivity index (χ4v) is 3.27. The predicted octanol–water partition coefficient (Wildman–Crippen LogP) is 3.50. The fourth-order valence-electron chi connectivity index (χ4n) is 3.27. The summed E-state index contributed by atoms with van der Waals surface area (Å²) in [5.41, 5.74) is 0.141. The van der Waals surface area contributed by atoms with Gasteiger partial charge in [-0.15, -0.1) is 0 Å². The Labute approximate surface area is 170 Å². The van der Waals surface area contributed by atoms with Crippen molar-refractivity contribution in [3.8, 4) is 11.3 Å². The van der Waals surface area contributed by atoms with Crippen molar-refractivity contribution in [2.24, 2.45) is 0 Å². The quantitative estimate of drug-likeness (QED) is 0.649. The van der Waals surface area contributed by atoms with E-state index < -0.39 is 11.7 Å². The number of hydrogen-bond donors (Lipinski definition) is 0. The van der Waals surface area contributed by atoms with Crippen molar-refractivity contribution in [1.82, 2.24) is 20.0 Å². The first-order valence-electron chi connectivity index (χ1n) is 9.36. The first-order chi connectivity index (χ1) is 14.4. The second-order valence-electron chi connectivity index (χ2n) is 6.85. The second kappa shape index (κ2) is 8.13. The number of hydrogen-bond acceptors (Lipinski definition) is 6. The van der Waals surface area contributed by atoms with Crippen LogP contribution in [0.1, 0.15) is 22.5 Å². The van der Waals surface area contributed by atoms with Crippen LogP contribution in [0.25, 0.3) is 11.3 Å². The Morgan fingerprint density at radius 3 is 2.63 bits per heavy atom. The largest absolute Gasteiger partial charge is 0.417 e.